The number of nitrogens with zero attached hydrogens (tertiary/aromatic N) is 5. The van der Waals surface area contributed by atoms with Crippen LogP contribution in [0.1, 0.15) is 26.7 Å². The molecule has 3 heterocycles. The van der Waals surface area contributed by atoms with Crippen molar-refractivity contribution in [2.45, 2.75) is 45.3 Å². The molecule has 1 aliphatic rings. The summed E-state index contributed by atoms with van der Waals surface area (Å²) in [6.45, 7) is 2.79. The Morgan fingerprint density at radius 3 is 2.56 bits per heavy atom. The summed E-state index contributed by atoms with van der Waals surface area (Å²) in [5.41, 5.74) is -0.947. The number of aromatic nitrogens is 4. The zero-order chi connectivity index (χ0) is 23.8. The molecule has 1 amide bonds. The lowest BCUT2D eigenvalue weighted by atomic mass is 10.1. The molecule has 2 atom stereocenters. The van der Waals surface area contributed by atoms with E-state index in [1.165, 1.54) is 34.5 Å². The summed E-state index contributed by atoms with van der Waals surface area (Å²) >= 11 is 0. The predicted octanol–water partition coefficient (Wildman–Crippen LogP) is -1.21. The maximum absolute atomic E-state index is 12.8. The van der Waals surface area contributed by atoms with Crippen molar-refractivity contribution >= 4 is 32.9 Å². The van der Waals surface area contributed by atoms with Gasteiger partial charge in [0, 0.05) is 26.2 Å². The molecule has 1 saturated heterocycles. The fourth-order valence-electron chi connectivity index (χ4n) is 3.92. The number of imidazole rings is 1. The van der Waals surface area contributed by atoms with Gasteiger partial charge in [-0.1, -0.05) is 6.92 Å². The molecule has 0 saturated carbocycles. The van der Waals surface area contributed by atoms with Crippen LogP contribution in [0.25, 0.3) is 11.2 Å². The summed E-state index contributed by atoms with van der Waals surface area (Å²) in [6, 6.07) is -0.649. The Labute approximate surface area is 184 Å². The number of carbonyl (C=O) groups excluding carboxylic acids is 2. The number of sulfone groups is 1. The third kappa shape index (κ3) is 4.47. The number of aryl methyl sites for hydroxylation is 1. The molecule has 3 rings (SSSR count). The number of ether oxygens (including phenoxy) is 1. The highest BCUT2D eigenvalue weighted by Crippen LogP contribution is 2.21. The van der Waals surface area contributed by atoms with Gasteiger partial charge in [0.05, 0.1) is 17.8 Å². The van der Waals surface area contributed by atoms with Crippen LogP contribution in [-0.2, 0) is 44.8 Å². The lowest BCUT2D eigenvalue weighted by molar-refractivity contribution is -0.154. The Balaban J connectivity index is 1.72. The Bertz CT molecular complexity index is 1270. The van der Waals surface area contributed by atoms with E-state index >= 15 is 0 Å². The number of hydrogen-bond donors (Lipinski definition) is 0. The molecule has 176 valence electrons. The standard InChI is InChI=1S/C19H27N5O7S/c1-5-12(2)24(13-6-7-32(29,30)10-13)14(25)9-31-15(26)8-23-11-20-17-16(23)18(27)22(4)19(28)21(17)3/h11-13H,5-10H2,1-4H3. The van der Waals surface area contributed by atoms with Crippen molar-refractivity contribution in [1.29, 1.82) is 0 Å². The van der Waals surface area contributed by atoms with Gasteiger partial charge in [0.1, 0.15) is 6.54 Å². The summed E-state index contributed by atoms with van der Waals surface area (Å²) in [6.07, 6.45) is 2.23. The molecule has 1 aliphatic heterocycles. The third-order valence-electron chi connectivity index (χ3n) is 5.83. The average molecular weight is 470 g/mol. The lowest BCUT2D eigenvalue weighted by Crippen LogP contribution is -2.48. The number of hydrogen-bond acceptors (Lipinski definition) is 8. The van der Waals surface area contributed by atoms with E-state index < -0.39 is 45.6 Å². The van der Waals surface area contributed by atoms with Crippen molar-refractivity contribution < 1.29 is 22.7 Å². The SMILES string of the molecule is CCC(C)N(C(=O)COC(=O)Cn1cnc2c1c(=O)n(C)c(=O)n2C)C1CCS(=O)(=O)C1. The first-order valence-corrected chi connectivity index (χ1v) is 12.1. The summed E-state index contributed by atoms with van der Waals surface area (Å²) in [4.78, 5) is 55.2. The lowest BCUT2D eigenvalue weighted by Gasteiger charge is -2.33. The minimum absolute atomic E-state index is 0.0306. The van der Waals surface area contributed by atoms with E-state index in [0.717, 1.165) is 4.57 Å². The monoisotopic (exact) mass is 469 g/mol. The van der Waals surface area contributed by atoms with Crippen molar-refractivity contribution in [2.75, 3.05) is 18.1 Å². The van der Waals surface area contributed by atoms with Gasteiger partial charge in [-0.3, -0.25) is 23.5 Å². The number of fused-ring (bicyclic) bond motifs is 1. The van der Waals surface area contributed by atoms with Crippen molar-refractivity contribution in [2.24, 2.45) is 14.1 Å². The highest BCUT2D eigenvalue weighted by molar-refractivity contribution is 7.91. The fraction of sp³-hybridized carbons (Fsp3) is 0.632. The highest BCUT2D eigenvalue weighted by Gasteiger charge is 2.36. The first-order valence-electron chi connectivity index (χ1n) is 10.2. The number of rotatable bonds is 7. The summed E-state index contributed by atoms with van der Waals surface area (Å²) in [5, 5.41) is 0. The van der Waals surface area contributed by atoms with Crippen LogP contribution < -0.4 is 11.2 Å². The second kappa shape index (κ2) is 8.88. The van der Waals surface area contributed by atoms with E-state index in [0.29, 0.717) is 12.8 Å². The van der Waals surface area contributed by atoms with Crippen LogP contribution in [0.15, 0.2) is 15.9 Å². The van der Waals surface area contributed by atoms with E-state index in [1.54, 1.807) is 0 Å². The summed E-state index contributed by atoms with van der Waals surface area (Å²) in [5.74, 6) is -1.30. The van der Waals surface area contributed by atoms with Gasteiger partial charge in [0.15, 0.2) is 27.6 Å². The molecule has 13 heteroatoms. The molecule has 0 aliphatic carbocycles. The zero-order valence-corrected chi connectivity index (χ0v) is 19.3. The van der Waals surface area contributed by atoms with Gasteiger partial charge in [0.2, 0.25) is 0 Å². The van der Waals surface area contributed by atoms with Crippen LogP contribution in [0.5, 0.6) is 0 Å². The normalized spacial score (nSPS) is 18.6. The molecule has 0 bridgehead atoms. The van der Waals surface area contributed by atoms with Crippen molar-refractivity contribution in [3.63, 3.8) is 0 Å². The molecule has 2 unspecified atom stereocenters. The molecule has 1 fully saturated rings. The van der Waals surface area contributed by atoms with E-state index in [2.05, 4.69) is 4.98 Å². The minimum atomic E-state index is -3.18. The molecule has 0 radical (unpaired) electrons. The van der Waals surface area contributed by atoms with Gasteiger partial charge >= 0.3 is 11.7 Å². The van der Waals surface area contributed by atoms with Crippen molar-refractivity contribution in [3.8, 4) is 0 Å². The maximum atomic E-state index is 12.8. The van der Waals surface area contributed by atoms with Gasteiger partial charge in [-0.05, 0) is 19.8 Å². The molecule has 0 spiro atoms. The molecular formula is C19H27N5O7S. The summed E-state index contributed by atoms with van der Waals surface area (Å²) < 4.78 is 32.2. The smallest absolute Gasteiger partial charge is 0.332 e. The number of amides is 1. The predicted molar refractivity (Wildman–Crippen MR) is 115 cm³/mol. The Kier molecular flexibility index (Phi) is 6.58. The topological polar surface area (TPSA) is 143 Å². The highest BCUT2D eigenvalue weighted by atomic mass is 32.2. The van der Waals surface area contributed by atoms with Crippen LogP contribution >= 0.6 is 0 Å². The van der Waals surface area contributed by atoms with Gasteiger partial charge in [0.25, 0.3) is 11.5 Å². The van der Waals surface area contributed by atoms with Crippen molar-refractivity contribution in [1.82, 2.24) is 23.6 Å². The Hall–Kier alpha value is -2.96. The summed E-state index contributed by atoms with van der Waals surface area (Å²) in [7, 11) is -0.396. The molecule has 2 aromatic rings. The van der Waals surface area contributed by atoms with Gasteiger partial charge in [-0.25, -0.2) is 18.2 Å². The fourth-order valence-corrected chi connectivity index (χ4v) is 5.63. The average Bonchev–Trinajstić information content (AvgIpc) is 3.32. The van der Waals surface area contributed by atoms with Gasteiger partial charge in [-0.15, -0.1) is 0 Å². The second-order valence-electron chi connectivity index (χ2n) is 8.03. The third-order valence-corrected chi connectivity index (χ3v) is 7.58. The molecule has 0 N–H and O–H groups in total. The van der Waals surface area contributed by atoms with Crippen molar-refractivity contribution in [3.05, 3.63) is 27.2 Å². The molecule has 32 heavy (non-hydrogen) atoms. The largest absolute Gasteiger partial charge is 0.454 e. The van der Waals surface area contributed by atoms with Crippen LogP contribution in [0.2, 0.25) is 0 Å². The first kappa shape index (κ1) is 23.7. The van der Waals surface area contributed by atoms with E-state index in [1.807, 2.05) is 13.8 Å². The number of esters is 1. The van der Waals surface area contributed by atoms with E-state index in [-0.39, 0.29) is 35.3 Å². The minimum Gasteiger partial charge on any atom is -0.454 e. The van der Waals surface area contributed by atoms with Crippen LogP contribution in [0.3, 0.4) is 0 Å². The van der Waals surface area contributed by atoms with Crippen LogP contribution in [-0.4, -0.2) is 74.1 Å². The molecule has 2 aromatic heterocycles. The molecule has 0 aromatic carbocycles. The zero-order valence-electron chi connectivity index (χ0n) is 18.5. The van der Waals surface area contributed by atoms with E-state index in [9.17, 15) is 27.6 Å². The second-order valence-corrected chi connectivity index (χ2v) is 10.3. The van der Waals surface area contributed by atoms with Gasteiger partial charge in [-0.2, -0.15) is 0 Å². The van der Waals surface area contributed by atoms with Crippen LogP contribution in [0, 0.1) is 0 Å². The van der Waals surface area contributed by atoms with E-state index in [4.69, 9.17) is 4.74 Å². The van der Waals surface area contributed by atoms with Crippen LogP contribution in [0.4, 0.5) is 0 Å². The molecular weight excluding hydrogens is 442 g/mol. The first-order chi connectivity index (χ1) is 15.0. The number of carbonyl (C=O) groups is 2. The Morgan fingerprint density at radius 1 is 1.28 bits per heavy atom. The van der Waals surface area contributed by atoms with Gasteiger partial charge < -0.3 is 14.2 Å². The molecule has 12 nitrogen and oxygen atoms in total. The Morgan fingerprint density at radius 2 is 1.97 bits per heavy atom. The quantitative estimate of drug-likeness (QED) is 0.460. The maximum Gasteiger partial charge on any atom is 0.332 e.